The van der Waals surface area contributed by atoms with Crippen molar-refractivity contribution in [2.24, 2.45) is 5.92 Å². The van der Waals surface area contributed by atoms with Crippen LogP contribution in [0.15, 0.2) is 70.2 Å². The summed E-state index contributed by atoms with van der Waals surface area (Å²) in [7, 11) is 0. The number of fused-ring (bicyclic) bond motifs is 1. The van der Waals surface area contributed by atoms with Crippen LogP contribution in [0.2, 0.25) is 0 Å². The molecule has 5 rings (SSSR count). The first-order valence-electron chi connectivity index (χ1n) is 9.89. The van der Waals surface area contributed by atoms with Crippen LogP contribution in [0, 0.1) is 5.92 Å². The van der Waals surface area contributed by atoms with Crippen molar-refractivity contribution in [3.63, 3.8) is 0 Å². The van der Waals surface area contributed by atoms with Crippen molar-refractivity contribution in [2.45, 2.75) is 44.2 Å². The molecule has 4 aliphatic rings. The Morgan fingerprint density at radius 3 is 2.62 bits per heavy atom. The summed E-state index contributed by atoms with van der Waals surface area (Å²) < 4.78 is 10.5. The molecule has 0 amide bonds. The van der Waals surface area contributed by atoms with Gasteiger partial charge in [0.15, 0.2) is 0 Å². The van der Waals surface area contributed by atoms with E-state index in [4.69, 9.17) is 9.15 Å². The van der Waals surface area contributed by atoms with E-state index in [-0.39, 0.29) is 5.76 Å². The van der Waals surface area contributed by atoms with Crippen LogP contribution in [0.5, 0.6) is 0 Å². The average Bonchev–Trinajstić information content (AvgIpc) is 3.65. The third-order valence-electron chi connectivity index (χ3n) is 5.95. The van der Waals surface area contributed by atoms with Gasteiger partial charge in [0, 0.05) is 29.1 Å². The van der Waals surface area contributed by atoms with Gasteiger partial charge in [-0.15, -0.1) is 0 Å². The van der Waals surface area contributed by atoms with Gasteiger partial charge in [-0.25, -0.2) is 4.79 Å². The molecule has 1 atom stereocenters. The second kappa shape index (κ2) is 6.17. The van der Waals surface area contributed by atoms with Gasteiger partial charge in [0.2, 0.25) is 22.9 Å². The predicted molar refractivity (Wildman–Crippen MR) is 104 cm³/mol. The Morgan fingerprint density at radius 2 is 2.03 bits per heavy atom. The van der Waals surface area contributed by atoms with Gasteiger partial charge in [-0.2, -0.15) is 0 Å². The van der Waals surface area contributed by atoms with Crippen LogP contribution < -0.4 is 0 Å². The number of allylic oxidation sites excluding steroid dienone is 4. The van der Waals surface area contributed by atoms with E-state index in [0.29, 0.717) is 28.7 Å². The van der Waals surface area contributed by atoms with Crippen LogP contribution in [0.4, 0.5) is 0 Å². The third kappa shape index (κ3) is 2.74. The van der Waals surface area contributed by atoms with Gasteiger partial charge in [-0.1, -0.05) is 12.7 Å². The largest absolute Gasteiger partial charge is 0.457 e. The van der Waals surface area contributed by atoms with Crippen molar-refractivity contribution in [1.29, 1.82) is 0 Å². The van der Waals surface area contributed by atoms with Crippen molar-refractivity contribution in [2.75, 3.05) is 0 Å². The summed E-state index contributed by atoms with van der Waals surface area (Å²) >= 11 is 0. The zero-order chi connectivity index (χ0) is 20.3. The number of rotatable bonds is 5. The summed E-state index contributed by atoms with van der Waals surface area (Å²) in [6.45, 7) is 5.13. The van der Waals surface area contributed by atoms with Crippen molar-refractivity contribution in [1.82, 2.24) is 4.90 Å². The second-order valence-corrected chi connectivity index (χ2v) is 8.11. The standard InChI is InChI=1S/C23H21NO5/c1-3-15-16-11-18(13-6-7-13)24(14-8-9-14)12-17(16)21(26)23(2,20(15)25)29-22(27)19-5-4-10-28-19/h3-5,10-14H,1,6-9H2,2H3. The van der Waals surface area contributed by atoms with Gasteiger partial charge < -0.3 is 14.1 Å². The van der Waals surface area contributed by atoms with Crippen molar-refractivity contribution in [3.8, 4) is 0 Å². The Bertz CT molecular complexity index is 1030. The lowest BCUT2D eigenvalue weighted by molar-refractivity contribution is -0.145. The first kappa shape index (κ1) is 17.9. The zero-order valence-electron chi connectivity index (χ0n) is 16.1. The Hall–Kier alpha value is -3.15. The molecular weight excluding hydrogens is 370 g/mol. The van der Waals surface area contributed by atoms with Crippen molar-refractivity contribution >= 4 is 17.5 Å². The molecule has 0 bridgehead atoms. The van der Waals surface area contributed by atoms with Crippen LogP contribution in [0.1, 0.15) is 43.2 Å². The number of ether oxygens (including phenoxy) is 1. The Balaban J connectivity index is 1.59. The summed E-state index contributed by atoms with van der Waals surface area (Å²) in [5.74, 6) is -1.51. The minimum absolute atomic E-state index is 0.0603. The van der Waals surface area contributed by atoms with Crippen LogP contribution in [-0.4, -0.2) is 34.1 Å². The maximum atomic E-state index is 13.4. The van der Waals surface area contributed by atoms with E-state index in [1.54, 1.807) is 0 Å². The summed E-state index contributed by atoms with van der Waals surface area (Å²) in [6.07, 6.45) is 11.0. The van der Waals surface area contributed by atoms with E-state index < -0.39 is 23.1 Å². The number of nitrogens with zero attached hydrogens (tertiary/aromatic N) is 1. The number of ketones is 2. The summed E-state index contributed by atoms with van der Waals surface area (Å²) in [5.41, 5.74) is 0.496. The third-order valence-corrected chi connectivity index (χ3v) is 5.95. The molecule has 1 aromatic rings. The second-order valence-electron chi connectivity index (χ2n) is 8.11. The Labute approximate surface area is 168 Å². The Morgan fingerprint density at radius 1 is 1.28 bits per heavy atom. The number of furan rings is 1. The number of hydrogen-bond acceptors (Lipinski definition) is 6. The van der Waals surface area contributed by atoms with Gasteiger partial charge in [0.1, 0.15) is 0 Å². The minimum Gasteiger partial charge on any atom is -0.457 e. The molecule has 0 N–H and O–H groups in total. The SMILES string of the molecule is C=CC1=C2C=C(C3CC3)N(C3CC3)C=C2C(=O)C(C)(OC(=O)c2ccco2)C1=O. The first-order valence-corrected chi connectivity index (χ1v) is 9.89. The van der Waals surface area contributed by atoms with Gasteiger partial charge in [-0.3, -0.25) is 9.59 Å². The molecular formula is C23H21NO5. The van der Waals surface area contributed by atoms with Crippen LogP contribution in [0.3, 0.4) is 0 Å². The van der Waals surface area contributed by atoms with Crippen LogP contribution in [-0.2, 0) is 14.3 Å². The molecule has 2 fully saturated rings. The van der Waals surface area contributed by atoms with Gasteiger partial charge in [0.25, 0.3) is 0 Å². The fourth-order valence-corrected chi connectivity index (χ4v) is 4.03. The molecule has 2 heterocycles. The Kier molecular flexibility index (Phi) is 3.81. The van der Waals surface area contributed by atoms with E-state index in [9.17, 15) is 14.4 Å². The quantitative estimate of drug-likeness (QED) is 0.565. The lowest BCUT2D eigenvalue weighted by atomic mass is 9.75. The predicted octanol–water partition coefficient (Wildman–Crippen LogP) is 3.49. The molecule has 0 spiro atoms. The van der Waals surface area contributed by atoms with E-state index in [2.05, 4.69) is 11.5 Å². The highest BCUT2D eigenvalue weighted by Gasteiger charge is 2.53. The maximum Gasteiger partial charge on any atom is 0.375 e. The lowest BCUT2D eigenvalue weighted by Crippen LogP contribution is -2.52. The van der Waals surface area contributed by atoms with E-state index in [0.717, 1.165) is 25.7 Å². The summed E-state index contributed by atoms with van der Waals surface area (Å²) in [6, 6.07) is 3.36. The number of esters is 1. The lowest BCUT2D eigenvalue weighted by Gasteiger charge is -2.37. The normalized spacial score (nSPS) is 26.7. The van der Waals surface area contributed by atoms with E-state index in [1.807, 2.05) is 12.3 Å². The molecule has 148 valence electrons. The fourth-order valence-electron chi connectivity index (χ4n) is 4.03. The number of carbonyl (C=O) groups is 3. The number of Topliss-reactive ketones (excluding diaryl/α,β-unsaturated/α-hetero) is 2. The minimum atomic E-state index is -1.96. The molecule has 0 aromatic carbocycles. The van der Waals surface area contributed by atoms with Crippen molar-refractivity contribution < 1.29 is 23.5 Å². The molecule has 6 nitrogen and oxygen atoms in total. The molecule has 1 aromatic heterocycles. The topological polar surface area (TPSA) is 76.8 Å². The molecule has 6 heteroatoms. The monoisotopic (exact) mass is 391 g/mol. The highest BCUT2D eigenvalue weighted by atomic mass is 16.6. The van der Waals surface area contributed by atoms with Crippen molar-refractivity contribution in [3.05, 3.63) is 71.5 Å². The van der Waals surface area contributed by atoms with E-state index >= 15 is 0 Å². The zero-order valence-corrected chi connectivity index (χ0v) is 16.1. The first-order chi connectivity index (χ1) is 13.9. The number of carbonyl (C=O) groups excluding carboxylic acids is 3. The molecule has 0 radical (unpaired) electrons. The molecule has 29 heavy (non-hydrogen) atoms. The molecule has 0 saturated heterocycles. The maximum absolute atomic E-state index is 13.4. The molecule has 2 saturated carbocycles. The van der Waals surface area contributed by atoms with Gasteiger partial charge >= 0.3 is 5.97 Å². The molecule has 3 aliphatic carbocycles. The molecule has 1 aliphatic heterocycles. The summed E-state index contributed by atoms with van der Waals surface area (Å²) in [5, 5.41) is 0. The van der Waals surface area contributed by atoms with E-state index in [1.165, 1.54) is 37.1 Å². The van der Waals surface area contributed by atoms with Crippen LogP contribution in [0.25, 0.3) is 0 Å². The highest BCUT2D eigenvalue weighted by Crippen LogP contribution is 2.48. The van der Waals surface area contributed by atoms with Gasteiger partial charge in [-0.05, 0) is 62.3 Å². The average molecular weight is 391 g/mol. The summed E-state index contributed by atoms with van der Waals surface area (Å²) in [4.78, 5) is 41.3. The fraction of sp³-hybridized carbons (Fsp3) is 0.348. The smallest absolute Gasteiger partial charge is 0.375 e. The number of hydrogen-bond donors (Lipinski definition) is 0. The van der Waals surface area contributed by atoms with Crippen LogP contribution >= 0.6 is 0 Å². The molecule has 1 unspecified atom stereocenters. The highest BCUT2D eigenvalue weighted by molar-refractivity contribution is 6.29. The van der Waals surface area contributed by atoms with Gasteiger partial charge in [0.05, 0.1) is 6.26 Å².